The molecule has 1 aromatic rings. The fourth-order valence-corrected chi connectivity index (χ4v) is 2.13. The van der Waals surface area contributed by atoms with Crippen LogP contribution in [0.3, 0.4) is 0 Å². The molecule has 0 amide bonds. The number of hydrogen-bond acceptors (Lipinski definition) is 4. The minimum atomic E-state index is -0.555. The van der Waals surface area contributed by atoms with Gasteiger partial charge in [0.1, 0.15) is 6.23 Å². The summed E-state index contributed by atoms with van der Waals surface area (Å²) in [5.41, 5.74) is -1.46. The van der Waals surface area contributed by atoms with E-state index in [0.717, 1.165) is 0 Å². The summed E-state index contributed by atoms with van der Waals surface area (Å²) in [4.78, 5) is 24.7. The Balaban J connectivity index is 2.26. The number of rotatable bonds is 3. The number of ether oxygens (including phenoxy) is 1. The fourth-order valence-electron chi connectivity index (χ4n) is 2.13. The summed E-state index contributed by atoms with van der Waals surface area (Å²) in [7, 11) is 0. The summed E-state index contributed by atoms with van der Waals surface area (Å²) in [5.74, 6) is 0. The van der Waals surface area contributed by atoms with Crippen LogP contribution in [0.1, 0.15) is 32.4 Å². The van der Waals surface area contributed by atoms with Gasteiger partial charge < -0.3 is 9.84 Å². The van der Waals surface area contributed by atoms with Crippen molar-refractivity contribution in [2.75, 3.05) is 6.61 Å². The van der Waals surface area contributed by atoms with Crippen LogP contribution in [0.5, 0.6) is 0 Å². The summed E-state index contributed by atoms with van der Waals surface area (Å²) < 4.78 is 7.10. The highest BCUT2D eigenvalue weighted by atomic mass is 16.5. The quantitative estimate of drug-likeness (QED) is 0.778. The van der Waals surface area contributed by atoms with Crippen molar-refractivity contribution in [2.24, 2.45) is 0 Å². The van der Waals surface area contributed by atoms with E-state index in [1.807, 2.05) is 6.92 Å². The van der Waals surface area contributed by atoms with Crippen molar-refractivity contribution in [3.05, 3.63) is 33.1 Å². The average molecular weight is 240 g/mol. The first kappa shape index (κ1) is 12.1. The van der Waals surface area contributed by atoms with E-state index in [2.05, 4.69) is 4.98 Å². The third kappa shape index (κ3) is 2.18. The molecule has 0 aliphatic carbocycles. The Hall–Kier alpha value is -1.40. The van der Waals surface area contributed by atoms with Gasteiger partial charge in [0.05, 0.1) is 12.2 Å². The predicted molar refractivity (Wildman–Crippen MR) is 60.8 cm³/mol. The molecule has 1 saturated heterocycles. The van der Waals surface area contributed by atoms with Crippen LogP contribution in [0.2, 0.25) is 0 Å². The van der Waals surface area contributed by atoms with Crippen molar-refractivity contribution >= 4 is 0 Å². The lowest BCUT2D eigenvalue weighted by Crippen LogP contribution is -2.35. The zero-order chi connectivity index (χ0) is 12.5. The SMILES string of the molecule is CC[C@@]1(CO)CCC(n2ccc(=O)[nH]c2=O)O1. The number of H-pyrrole nitrogens is 1. The zero-order valence-corrected chi connectivity index (χ0v) is 9.68. The molecule has 1 fully saturated rings. The first-order valence-corrected chi connectivity index (χ1v) is 5.70. The molecule has 0 bridgehead atoms. The van der Waals surface area contributed by atoms with Crippen molar-refractivity contribution in [2.45, 2.75) is 38.0 Å². The molecule has 17 heavy (non-hydrogen) atoms. The zero-order valence-electron chi connectivity index (χ0n) is 9.68. The second kappa shape index (κ2) is 4.46. The third-order valence-electron chi connectivity index (χ3n) is 3.33. The molecule has 0 aromatic carbocycles. The van der Waals surface area contributed by atoms with Gasteiger partial charge in [0.25, 0.3) is 5.56 Å². The van der Waals surface area contributed by atoms with E-state index in [9.17, 15) is 14.7 Å². The van der Waals surface area contributed by atoms with Crippen LogP contribution in [0.25, 0.3) is 0 Å². The van der Waals surface area contributed by atoms with Crippen LogP contribution in [0, 0.1) is 0 Å². The highest BCUT2D eigenvalue weighted by Gasteiger charge is 2.39. The summed E-state index contributed by atoms with van der Waals surface area (Å²) in [6.45, 7) is 1.88. The summed E-state index contributed by atoms with van der Waals surface area (Å²) >= 11 is 0. The van der Waals surface area contributed by atoms with E-state index < -0.39 is 23.1 Å². The topological polar surface area (TPSA) is 84.3 Å². The Kier molecular flexibility index (Phi) is 3.17. The number of nitrogens with zero attached hydrogens (tertiary/aromatic N) is 1. The Morgan fingerprint density at radius 3 is 2.94 bits per heavy atom. The lowest BCUT2D eigenvalue weighted by atomic mass is 9.98. The van der Waals surface area contributed by atoms with Crippen LogP contribution in [-0.2, 0) is 4.74 Å². The minimum Gasteiger partial charge on any atom is -0.393 e. The minimum absolute atomic E-state index is 0.0574. The van der Waals surface area contributed by atoms with E-state index >= 15 is 0 Å². The molecule has 1 aliphatic rings. The molecule has 1 aliphatic heterocycles. The largest absolute Gasteiger partial charge is 0.393 e. The van der Waals surface area contributed by atoms with Crippen molar-refractivity contribution < 1.29 is 9.84 Å². The van der Waals surface area contributed by atoms with Gasteiger partial charge in [0.2, 0.25) is 0 Å². The van der Waals surface area contributed by atoms with Crippen LogP contribution in [0.4, 0.5) is 0 Å². The van der Waals surface area contributed by atoms with E-state index in [-0.39, 0.29) is 6.61 Å². The maximum absolute atomic E-state index is 11.6. The fraction of sp³-hybridized carbons (Fsp3) is 0.636. The first-order valence-electron chi connectivity index (χ1n) is 5.70. The average Bonchev–Trinajstić information content (AvgIpc) is 2.74. The summed E-state index contributed by atoms with van der Waals surface area (Å²) in [6, 6.07) is 1.29. The number of nitrogens with one attached hydrogen (secondary N) is 1. The van der Waals surface area contributed by atoms with Crippen molar-refractivity contribution in [1.82, 2.24) is 9.55 Å². The molecule has 1 aromatic heterocycles. The second-order valence-corrected chi connectivity index (χ2v) is 4.32. The van der Waals surface area contributed by atoms with Gasteiger partial charge in [-0.1, -0.05) is 6.92 Å². The van der Waals surface area contributed by atoms with E-state index in [0.29, 0.717) is 19.3 Å². The van der Waals surface area contributed by atoms with Gasteiger partial charge in [0.15, 0.2) is 0 Å². The molecule has 1 unspecified atom stereocenters. The van der Waals surface area contributed by atoms with E-state index in [4.69, 9.17) is 4.74 Å². The Morgan fingerprint density at radius 2 is 2.41 bits per heavy atom. The van der Waals surface area contributed by atoms with E-state index in [1.165, 1.54) is 16.8 Å². The highest BCUT2D eigenvalue weighted by molar-refractivity contribution is 4.90. The number of aliphatic hydroxyl groups is 1. The molecule has 2 atom stereocenters. The molecule has 0 saturated carbocycles. The summed E-state index contributed by atoms with van der Waals surface area (Å²) in [5, 5.41) is 9.32. The normalized spacial score (nSPS) is 28.5. The van der Waals surface area contributed by atoms with Gasteiger partial charge in [-0.05, 0) is 19.3 Å². The number of aromatic amines is 1. The number of hydrogen-bond donors (Lipinski definition) is 2. The Morgan fingerprint density at radius 1 is 1.65 bits per heavy atom. The second-order valence-electron chi connectivity index (χ2n) is 4.32. The van der Waals surface area contributed by atoms with Gasteiger partial charge in [-0.3, -0.25) is 14.3 Å². The predicted octanol–water partition coefficient (Wildman–Crippen LogP) is -0.0133. The standard InChI is InChI=1S/C11H16N2O4/c1-2-11(7-14)5-3-9(17-11)13-6-4-8(15)12-10(13)16/h4,6,9,14H,2-3,5,7H2,1H3,(H,12,15,16)/t9?,11-/m0/s1. The number of aliphatic hydroxyl groups excluding tert-OH is 1. The third-order valence-corrected chi connectivity index (χ3v) is 3.33. The Bertz CT molecular complexity index is 501. The van der Waals surface area contributed by atoms with Crippen molar-refractivity contribution in [1.29, 1.82) is 0 Å². The van der Waals surface area contributed by atoms with Crippen LogP contribution in [0.15, 0.2) is 21.9 Å². The Labute approximate surface area is 97.9 Å². The summed E-state index contributed by atoms with van der Waals surface area (Å²) in [6.07, 6.45) is 3.07. The molecule has 2 rings (SSSR count). The molecule has 2 N–H and O–H groups in total. The molecular formula is C11H16N2O4. The smallest absolute Gasteiger partial charge is 0.330 e. The van der Waals surface area contributed by atoms with Gasteiger partial charge >= 0.3 is 5.69 Å². The van der Waals surface area contributed by atoms with Crippen molar-refractivity contribution in [3.8, 4) is 0 Å². The molecule has 0 radical (unpaired) electrons. The van der Waals surface area contributed by atoms with E-state index in [1.54, 1.807) is 0 Å². The molecule has 6 nitrogen and oxygen atoms in total. The lowest BCUT2D eigenvalue weighted by Gasteiger charge is -2.25. The molecular weight excluding hydrogens is 224 g/mol. The van der Waals surface area contributed by atoms with Crippen LogP contribution in [-0.4, -0.2) is 26.9 Å². The first-order chi connectivity index (χ1) is 8.10. The molecule has 2 heterocycles. The van der Waals surface area contributed by atoms with Crippen molar-refractivity contribution in [3.63, 3.8) is 0 Å². The molecule has 0 spiro atoms. The van der Waals surface area contributed by atoms with Gasteiger partial charge in [-0.25, -0.2) is 4.79 Å². The molecule has 6 heteroatoms. The van der Waals surface area contributed by atoms with Gasteiger partial charge in [-0.15, -0.1) is 0 Å². The molecule has 94 valence electrons. The maximum Gasteiger partial charge on any atom is 0.330 e. The van der Waals surface area contributed by atoms with Crippen LogP contribution < -0.4 is 11.2 Å². The highest BCUT2D eigenvalue weighted by Crippen LogP contribution is 2.37. The lowest BCUT2D eigenvalue weighted by molar-refractivity contribution is -0.101. The maximum atomic E-state index is 11.6. The number of aromatic nitrogens is 2. The van der Waals surface area contributed by atoms with Crippen LogP contribution >= 0.6 is 0 Å². The van der Waals surface area contributed by atoms with Gasteiger partial charge in [-0.2, -0.15) is 0 Å². The monoisotopic (exact) mass is 240 g/mol. The van der Waals surface area contributed by atoms with Gasteiger partial charge in [0, 0.05) is 12.3 Å².